The Bertz CT molecular complexity index is 155. The molecular weight excluding hydrogens is 186 g/mol. The molecule has 0 aromatic carbocycles. The van der Waals surface area contributed by atoms with Crippen LogP contribution in [0.1, 0.15) is 39.5 Å². The third kappa shape index (κ3) is 5.01. The minimum Gasteiger partial charge on any atom is -0.381 e. The van der Waals surface area contributed by atoms with E-state index in [2.05, 4.69) is 4.84 Å². The largest absolute Gasteiger partial charge is 0.381 e. The first-order chi connectivity index (χ1) is 6.72. The minimum absolute atomic E-state index is 0.216. The SMILES string of the molecule is CC.COC1CCC(O[N+](=O)[O-])CC1. The summed E-state index contributed by atoms with van der Waals surface area (Å²) in [7, 11) is 1.67. The molecule has 0 saturated heterocycles. The molecule has 0 N–H and O–H groups in total. The molecule has 1 rings (SSSR count). The second-order valence-corrected chi connectivity index (χ2v) is 2.96. The van der Waals surface area contributed by atoms with Crippen molar-refractivity contribution in [3.05, 3.63) is 10.1 Å². The smallest absolute Gasteiger partial charge is 0.294 e. The summed E-state index contributed by atoms with van der Waals surface area (Å²) in [5.74, 6) is 0. The van der Waals surface area contributed by atoms with Crippen molar-refractivity contribution in [1.29, 1.82) is 0 Å². The van der Waals surface area contributed by atoms with Gasteiger partial charge in [0.1, 0.15) is 6.10 Å². The van der Waals surface area contributed by atoms with Crippen LogP contribution in [0.4, 0.5) is 0 Å². The second-order valence-electron chi connectivity index (χ2n) is 2.96. The number of rotatable bonds is 3. The molecule has 0 atom stereocenters. The van der Waals surface area contributed by atoms with Gasteiger partial charge in [0, 0.05) is 7.11 Å². The van der Waals surface area contributed by atoms with Crippen LogP contribution in [0.2, 0.25) is 0 Å². The second kappa shape index (κ2) is 7.55. The van der Waals surface area contributed by atoms with Gasteiger partial charge in [-0.2, -0.15) is 0 Å². The standard InChI is InChI=1S/C7H13NO4.C2H6/c1-11-6-2-4-7(5-3-6)12-8(9)10;1-2/h6-7H,2-5H2,1H3;1-2H3. The van der Waals surface area contributed by atoms with Crippen molar-refractivity contribution in [3.8, 4) is 0 Å². The zero-order valence-electron chi connectivity index (χ0n) is 9.06. The van der Waals surface area contributed by atoms with Crippen molar-refractivity contribution in [1.82, 2.24) is 0 Å². The maximum absolute atomic E-state index is 9.97. The van der Waals surface area contributed by atoms with Crippen LogP contribution in [-0.4, -0.2) is 24.4 Å². The molecule has 0 radical (unpaired) electrons. The lowest BCUT2D eigenvalue weighted by atomic mass is 9.95. The fourth-order valence-corrected chi connectivity index (χ4v) is 1.50. The molecule has 0 spiro atoms. The predicted molar refractivity (Wildman–Crippen MR) is 52.5 cm³/mol. The highest BCUT2D eigenvalue weighted by atomic mass is 17.0. The molecule has 1 aliphatic rings. The number of methoxy groups -OCH3 is 1. The molecule has 1 fully saturated rings. The van der Waals surface area contributed by atoms with Gasteiger partial charge in [0.15, 0.2) is 0 Å². The van der Waals surface area contributed by atoms with Gasteiger partial charge in [0.05, 0.1) is 6.10 Å². The van der Waals surface area contributed by atoms with Crippen molar-refractivity contribution in [2.75, 3.05) is 7.11 Å². The van der Waals surface area contributed by atoms with Gasteiger partial charge in [0.2, 0.25) is 0 Å². The van der Waals surface area contributed by atoms with Crippen LogP contribution in [0.5, 0.6) is 0 Å². The van der Waals surface area contributed by atoms with Gasteiger partial charge in [-0.05, 0) is 25.7 Å². The molecule has 0 amide bonds. The summed E-state index contributed by atoms with van der Waals surface area (Å²) in [5, 5.41) is 9.26. The van der Waals surface area contributed by atoms with E-state index in [1.807, 2.05) is 13.8 Å². The summed E-state index contributed by atoms with van der Waals surface area (Å²) in [6.45, 7) is 4.00. The molecular formula is C9H19NO4. The van der Waals surface area contributed by atoms with E-state index >= 15 is 0 Å². The van der Waals surface area contributed by atoms with Gasteiger partial charge < -0.3 is 9.57 Å². The van der Waals surface area contributed by atoms with Crippen molar-refractivity contribution < 1.29 is 14.7 Å². The maximum atomic E-state index is 9.97. The van der Waals surface area contributed by atoms with Gasteiger partial charge in [-0.15, -0.1) is 10.1 Å². The Morgan fingerprint density at radius 3 is 1.93 bits per heavy atom. The Balaban J connectivity index is 0.000000791. The Hall–Kier alpha value is -0.840. The van der Waals surface area contributed by atoms with Crippen LogP contribution in [0.25, 0.3) is 0 Å². The van der Waals surface area contributed by atoms with Crippen LogP contribution < -0.4 is 0 Å². The van der Waals surface area contributed by atoms with Crippen LogP contribution in [0.3, 0.4) is 0 Å². The average Bonchev–Trinajstić information content (AvgIpc) is 2.21. The van der Waals surface area contributed by atoms with Gasteiger partial charge in [-0.3, -0.25) is 0 Å². The fourth-order valence-electron chi connectivity index (χ4n) is 1.50. The highest BCUT2D eigenvalue weighted by Crippen LogP contribution is 2.22. The van der Waals surface area contributed by atoms with Gasteiger partial charge >= 0.3 is 0 Å². The summed E-state index contributed by atoms with van der Waals surface area (Å²) in [6, 6.07) is 0. The Morgan fingerprint density at radius 1 is 1.14 bits per heavy atom. The van der Waals surface area contributed by atoms with E-state index in [1.54, 1.807) is 7.11 Å². The molecule has 0 bridgehead atoms. The normalized spacial score (nSPS) is 25.9. The van der Waals surface area contributed by atoms with E-state index in [1.165, 1.54) is 0 Å². The van der Waals surface area contributed by atoms with E-state index in [0.29, 0.717) is 0 Å². The average molecular weight is 205 g/mol. The molecule has 1 saturated carbocycles. The summed E-state index contributed by atoms with van der Waals surface area (Å²) in [6.07, 6.45) is 3.20. The first-order valence-electron chi connectivity index (χ1n) is 5.06. The highest BCUT2D eigenvalue weighted by Gasteiger charge is 2.22. The first-order valence-corrected chi connectivity index (χ1v) is 5.06. The highest BCUT2D eigenvalue weighted by molar-refractivity contribution is 4.71. The summed E-state index contributed by atoms with van der Waals surface area (Å²) >= 11 is 0. The lowest BCUT2D eigenvalue weighted by Crippen LogP contribution is -2.27. The van der Waals surface area contributed by atoms with Crippen molar-refractivity contribution in [3.63, 3.8) is 0 Å². The molecule has 0 aromatic rings. The number of hydrogen-bond donors (Lipinski definition) is 0. The number of nitrogens with zero attached hydrogens (tertiary/aromatic N) is 1. The molecule has 14 heavy (non-hydrogen) atoms. The van der Waals surface area contributed by atoms with Crippen LogP contribution in [0, 0.1) is 10.1 Å². The van der Waals surface area contributed by atoms with Gasteiger partial charge in [-0.1, -0.05) is 13.8 Å². The van der Waals surface area contributed by atoms with Crippen molar-refractivity contribution in [2.24, 2.45) is 0 Å². The number of hydrogen-bond acceptors (Lipinski definition) is 4. The molecule has 0 unspecified atom stereocenters. The molecule has 5 heteroatoms. The van der Waals surface area contributed by atoms with Crippen LogP contribution in [0.15, 0.2) is 0 Å². The minimum atomic E-state index is -0.711. The maximum Gasteiger partial charge on any atom is 0.294 e. The molecule has 5 nitrogen and oxygen atoms in total. The molecule has 1 aliphatic carbocycles. The summed E-state index contributed by atoms with van der Waals surface area (Å²) in [5.41, 5.74) is 0. The quantitative estimate of drug-likeness (QED) is 0.523. The Morgan fingerprint density at radius 2 is 1.57 bits per heavy atom. The van der Waals surface area contributed by atoms with Gasteiger partial charge in [0.25, 0.3) is 5.09 Å². The molecule has 84 valence electrons. The van der Waals surface area contributed by atoms with E-state index < -0.39 is 5.09 Å². The van der Waals surface area contributed by atoms with Crippen molar-refractivity contribution in [2.45, 2.75) is 51.7 Å². The third-order valence-corrected chi connectivity index (χ3v) is 2.19. The fraction of sp³-hybridized carbons (Fsp3) is 1.00. The zero-order chi connectivity index (χ0) is 11.0. The van der Waals surface area contributed by atoms with Crippen molar-refractivity contribution >= 4 is 0 Å². The van der Waals surface area contributed by atoms with E-state index in [4.69, 9.17) is 4.74 Å². The van der Waals surface area contributed by atoms with Crippen LogP contribution in [-0.2, 0) is 9.57 Å². The first kappa shape index (κ1) is 13.2. The van der Waals surface area contributed by atoms with Gasteiger partial charge in [-0.25, -0.2) is 0 Å². The monoisotopic (exact) mass is 205 g/mol. The van der Waals surface area contributed by atoms with E-state index in [-0.39, 0.29) is 12.2 Å². The lowest BCUT2D eigenvalue weighted by molar-refractivity contribution is -0.769. The number of ether oxygens (including phenoxy) is 1. The van der Waals surface area contributed by atoms with E-state index in [0.717, 1.165) is 25.7 Å². The topological polar surface area (TPSA) is 61.6 Å². The zero-order valence-corrected chi connectivity index (χ0v) is 9.06. The molecule has 0 heterocycles. The predicted octanol–water partition coefficient (Wildman–Crippen LogP) is 2.18. The molecule has 0 aliphatic heterocycles. The summed E-state index contributed by atoms with van der Waals surface area (Å²) in [4.78, 5) is 14.4. The lowest BCUT2D eigenvalue weighted by Gasteiger charge is -2.25. The van der Waals surface area contributed by atoms with E-state index in [9.17, 15) is 10.1 Å². The Kier molecular flexibility index (Phi) is 7.10. The Labute approximate surface area is 84.5 Å². The third-order valence-electron chi connectivity index (χ3n) is 2.19. The van der Waals surface area contributed by atoms with Crippen LogP contribution >= 0.6 is 0 Å². The summed E-state index contributed by atoms with van der Waals surface area (Å²) < 4.78 is 5.12. The molecule has 0 aromatic heterocycles.